The number of rotatable bonds is 4. The topological polar surface area (TPSA) is 49.7 Å². The normalized spacial score (nSPS) is 18.6. The fraction of sp³-hybridized carbons (Fsp3) is 0.538. The number of phenols is 1. The van der Waals surface area contributed by atoms with Crippen LogP contribution >= 0.6 is 0 Å². The highest BCUT2D eigenvalue weighted by molar-refractivity contribution is 5.30. The van der Waals surface area contributed by atoms with Crippen molar-refractivity contribution in [2.45, 2.75) is 31.8 Å². The molecule has 1 aromatic rings. The van der Waals surface area contributed by atoms with Crippen molar-refractivity contribution < 1.29 is 14.9 Å². The predicted octanol–water partition coefficient (Wildman–Crippen LogP) is 2.32. The number of benzene rings is 1. The molecule has 1 aromatic carbocycles. The van der Waals surface area contributed by atoms with Crippen LogP contribution in [0, 0.1) is 5.92 Å². The molecule has 0 saturated heterocycles. The van der Waals surface area contributed by atoms with Gasteiger partial charge in [0.2, 0.25) is 0 Å². The summed E-state index contributed by atoms with van der Waals surface area (Å²) in [6.07, 6.45) is 4.30. The van der Waals surface area contributed by atoms with Gasteiger partial charge in [0.15, 0.2) is 0 Å². The van der Waals surface area contributed by atoms with Gasteiger partial charge in [0, 0.05) is 0 Å². The summed E-state index contributed by atoms with van der Waals surface area (Å²) >= 11 is 0. The van der Waals surface area contributed by atoms with Crippen LogP contribution < -0.4 is 4.74 Å². The Labute approximate surface area is 95.7 Å². The molecule has 3 heteroatoms. The maximum absolute atomic E-state index is 9.89. The fourth-order valence-corrected chi connectivity index (χ4v) is 2.20. The van der Waals surface area contributed by atoms with Gasteiger partial charge in [-0.3, -0.25) is 0 Å². The molecule has 16 heavy (non-hydrogen) atoms. The van der Waals surface area contributed by atoms with E-state index in [1.807, 2.05) is 0 Å². The molecule has 0 heterocycles. The van der Waals surface area contributed by atoms with Gasteiger partial charge in [-0.15, -0.1) is 0 Å². The van der Waals surface area contributed by atoms with Crippen LogP contribution in [0.5, 0.6) is 11.5 Å². The first kappa shape index (κ1) is 11.3. The van der Waals surface area contributed by atoms with Gasteiger partial charge >= 0.3 is 0 Å². The third-order valence-electron chi connectivity index (χ3n) is 3.20. The molecule has 2 N–H and O–H groups in total. The summed E-state index contributed by atoms with van der Waals surface area (Å²) in [6.45, 7) is 0.343. The highest BCUT2D eigenvalue weighted by atomic mass is 16.5. The van der Waals surface area contributed by atoms with Crippen molar-refractivity contribution in [1.29, 1.82) is 0 Å². The molecule has 1 saturated carbocycles. The van der Waals surface area contributed by atoms with Gasteiger partial charge in [-0.2, -0.15) is 0 Å². The second kappa shape index (κ2) is 5.21. The van der Waals surface area contributed by atoms with Crippen molar-refractivity contribution >= 4 is 0 Å². The number of ether oxygens (including phenoxy) is 1. The number of hydrogen-bond donors (Lipinski definition) is 2. The van der Waals surface area contributed by atoms with Crippen molar-refractivity contribution in [3.8, 4) is 11.5 Å². The van der Waals surface area contributed by atoms with Crippen LogP contribution in [0.1, 0.15) is 25.7 Å². The second-order valence-corrected chi connectivity index (χ2v) is 4.42. The summed E-state index contributed by atoms with van der Waals surface area (Å²) in [4.78, 5) is 0. The third-order valence-corrected chi connectivity index (χ3v) is 3.20. The second-order valence-electron chi connectivity index (χ2n) is 4.42. The fourth-order valence-electron chi connectivity index (χ4n) is 2.20. The van der Waals surface area contributed by atoms with Gasteiger partial charge in [0.25, 0.3) is 0 Å². The first-order valence-corrected chi connectivity index (χ1v) is 5.85. The van der Waals surface area contributed by atoms with E-state index in [1.54, 1.807) is 24.3 Å². The van der Waals surface area contributed by atoms with Crippen LogP contribution in [0.2, 0.25) is 0 Å². The van der Waals surface area contributed by atoms with E-state index in [4.69, 9.17) is 9.84 Å². The maximum Gasteiger partial charge on any atom is 0.119 e. The summed E-state index contributed by atoms with van der Waals surface area (Å²) in [5, 5.41) is 19.0. The molecule has 0 bridgehead atoms. The smallest absolute Gasteiger partial charge is 0.119 e. The van der Waals surface area contributed by atoms with E-state index in [0.717, 1.165) is 12.8 Å². The summed E-state index contributed by atoms with van der Waals surface area (Å²) < 4.78 is 5.47. The van der Waals surface area contributed by atoms with E-state index < -0.39 is 0 Å². The molecular formula is C13H18O3. The quantitative estimate of drug-likeness (QED) is 0.822. The number of aliphatic hydroxyl groups excluding tert-OH is 1. The standard InChI is InChI=1S/C13H18O3/c14-11-5-7-12(8-6-11)16-9-13(15)10-3-1-2-4-10/h5-8,10,13-15H,1-4,9H2. The molecule has 1 atom stereocenters. The lowest BCUT2D eigenvalue weighted by molar-refractivity contribution is 0.0593. The number of hydrogen-bond acceptors (Lipinski definition) is 3. The lowest BCUT2D eigenvalue weighted by Crippen LogP contribution is -2.25. The Morgan fingerprint density at radius 1 is 1.19 bits per heavy atom. The summed E-state index contributed by atoms with van der Waals surface area (Å²) in [5.74, 6) is 1.32. The largest absolute Gasteiger partial charge is 0.508 e. The zero-order valence-electron chi connectivity index (χ0n) is 9.30. The summed E-state index contributed by atoms with van der Waals surface area (Å²) in [6, 6.07) is 6.57. The molecule has 1 unspecified atom stereocenters. The zero-order chi connectivity index (χ0) is 11.4. The monoisotopic (exact) mass is 222 g/mol. The molecule has 0 aromatic heterocycles. The van der Waals surface area contributed by atoms with Crippen LogP contribution in [0.4, 0.5) is 0 Å². The average molecular weight is 222 g/mol. The SMILES string of the molecule is Oc1ccc(OCC(O)C2CCCC2)cc1. The number of aliphatic hydroxyl groups is 1. The van der Waals surface area contributed by atoms with E-state index in [1.165, 1.54) is 12.8 Å². The average Bonchev–Trinajstić information content (AvgIpc) is 2.81. The Balaban J connectivity index is 1.80. The Hall–Kier alpha value is -1.22. The molecule has 3 nitrogen and oxygen atoms in total. The van der Waals surface area contributed by atoms with E-state index in [2.05, 4.69) is 0 Å². The van der Waals surface area contributed by atoms with Crippen molar-refractivity contribution in [2.24, 2.45) is 5.92 Å². The molecule has 88 valence electrons. The third kappa shape index (κ3) is 2.89. The van der Waals surface area contributed by atoms with Crippen LogP contribution in [0.25, 0.3) is 0 Å². The van der Waals surface area contributed by atoms with Gasteiger partial charge in [0.05, 0.1) is 6.10 Å². The molecule has 0 radical (unpaired) electrons. The molecular weight excluding hydrogens is 204 g/mol. The molecule has 0 amide bonds. The van der Waals surface area contributed by atoms with Crippen LogP contribution in [0.3, 0.4) is 0 Å². The molecule has 2 rings (SSSR count). The molecule has 0 spiro atoms. The van der Waals surface area contributed by atoms with Crippen LogP contribution in [-0.2, 0) is 0 Å². The van der Waals surface area contributed by atoms with Gasteiger partial charge in [-0.25, -0.2) is 0 Å². The minimum Gasteiger partial charge on any atom is -0.508 e. The summed E-state index contributed by atoms with van der Waals surface area (Å²) in [5.41, 5.74) is 0. The highest BCUT2D eigenvalue weighted by Gasteiger charge is 2.23. The Morgan fingerprint density at radius 3 is 2.44 bits per heavy atom. The van der Waals surface area contributed by atoms with Gasteiger partial charge < -0.3 is 14.9 Å². The zero-order valence-corrected chi connectivity index (χ0v) is 9.30. The van der Waals surface area contributed by atoms with Crippen molar-refractivity contribution in [2.75, 3.05) is 6.61 Å². The van der Waals surface area contributed by atoms with E-state index in [-0.39, 0.29) is 11.9 Å². The molecule has 0 aliphatic heterocycles. The number of phenolic OH excluding ortho intramolecular Hbond substituents is 1. The Kier molecular flexibility index (Phi) is 3.67. The minimum atomic E-state index is -0.365. The predicted molar refractivity (Wildman–Crippen MR) is 61.6 cm³/mol. The first-order valence-electron chi connectivity index (χ1n) is 5.85. The Morgan fingerprint density at radius 2 is 1.81 bits per heavy atom. The lowest BCUT2D eigenvalue weighted by atomic mass is 10.0. The van der Waals surface area contributed by atoms with E-state index >= 15 is 0 Å². The molecule has 1 fully saturated rings. The molecule has 1 aliphatic rings. The van der Waals surface area contributed by atoms with Gasteiger partial charge in [-0.1, -0.05) is 12.8 Å². The first-order chi connectivity index (χ1) is 7.75. The number of aromatic hydroxyl groups is 1. The van der Waals surface area contributed by atoms with Gasteiger partial charge in [0.1, 0.15) is 18.1 Å². The van der Waals surface area contributed by atoms with Crippen molar-refractivity contribution in [3.05, 3.63) is 24.3 Å². The van der Waals surface area contributed by atoms with Crippen LogP contribution in [0.15, 0.2) is 24.3 Å². The Bertz CT molecular complexity index is 314. The molecule has 1 aliphatic carbocycles. The van der Waals surface area contributed by atoms with E-state index in [9.17, 15) is 5.11 Å². The van der Waals surface area contributed by atoms with Crippen molar-refractivity contribution in [1.82, 2.24) is 0 Å². The lowest BCUT2D eigenvalue weighted by Gasteiger charge is -2.18. The maximum atomic E-state index is 9.89. The highest BCUT2D eigenvalue weighted by Crippen LogP contribution is 2.28. The van der Waals surface area contributed by atoms with Crippen molar-refractivity contribution in [3.63, 3.8) is 0 Å². The summed E-state index contributed by atoms with van der Waals surface area (Å²) in [7, 11) is 0. The van der Waals surface area contributed by atoms with Gasteiger partial charge in [-0.05, 0) is 43.0 Å². The van der Waals surface area contributed by atoms with E-state index in [0.29, 0.717) is 18.3 Å². The minimum absolute atomic E-state index is 0.226. The van der Waals surface area contributed by atoms with Crippen LogP contribution in [-0.4, -0.2) is 22.9 Å².